The van der Waals surface area contributed by atoms with Gasteiger partial charge in [0.25, 0.3) is 0 Å². The average Bonchev–Trinajstić information content (AvgIpc) is 3.10. The molecular weight excluding hydrogens is 330 g/mol. The standard InChI is InChI=1S/C20H21N3O3/c1-15-22-20(26-23-15)12-11-19(24)21-13-17-9-5-6-10-18(17)25-14-16-7-3-2-4-8-16/h2-10H,11-14H2,1H3,(H,21,24). The zero-order chi connectivity index (χ0) is 18.2. The summed E-state index contributed by atoms with van der Waals surface area (Å²) in [6.07, 6.45) is 0.730. The number of para-hydroxylation sites is 1. The highest BCUT2D eigenvalue weighted by atomic mass is 16.5. The second-order valence-electron chi connectivity index (χ2n) is 5.89. The molecule has 1 heterocycles. The van der Waals surface area contributed by atoms with Gasteiger partial charge in [-0.15, -0.1) is 0 Å². The number of nitrogens with zero attached hydrogens (tertiary/aromatic N) is 2. The Bertz CT molecular complexity index is 846. The molecule has 0 saturated heterocycles. The fraction of sp³-hybridized carbons (Fsp3) is 0.250. The molecule has 0 spiro atoms. The predicted molar refractivity (Wildman–Crippen MR) is 96.4 cm³/mol. The lowest BCUT2D eigenvalue weighted by atomic mass is 10.2. The molecular formula is C20H21N3O3. The number of ether oxygens (including phenoxy) is 1. The number of benzene rings is 2. The fourth-order valence-corrected chi connectivity index (χ4v) is 2.47. The Labute approximate surface area is 152 Å². The van der Waals surface area contributed by atoms with Crippen molar-refractivity contribution in [3.8, 4) is 5.75 Å². The molecule has 0 unspecified atom stereocenters. The summed E-state index contributed by atoms with van der Waals surface area (Å²) in [7, 11) is 0. The van der Waals surface area contributed by atoms with Crippen LogP contribution in [0.25, 0.3) is 0 Å². The van der Waals surface area contributed by atoms with Crippen molar-refractivity contribution in [1.29, 1.82) is 0 Å². The number of aryl methyl sites for hydroxylation is 2. The summed E-state index contributed by atoms with van der Waals surface area (Å²) in [4.78, 5) is 16.1. The molecule has 26 heavy (non-hydrogen) atoms. The van der Waals surface area contributed by atoms with E-state index in [0.29, 0.717) is 37.7 Å². The molecule has 3 rings (SSSR count). The number of hydrogen-bond donors (Lipinski definition) is 1. The van der Waals surface area contributed by atoms with E-state index in [1.165, 1.54) is 0 Å². The molecule has 0 saturated carbocycles. The molecule has 0 bridgehead atoms. The molecule has 0 fully saturated rings. The summed E-state index contributed by atoms with van der Waals surface area (Å²) in [6.45, 7) is 2.65. The SMILES string of the molecule is Cc1noc(CCC(=O)NCc2ccccc2OCc2ccccc2)n1. The highest BCUT2D eigenvalue weighted by molar-refractivity contribution is 5.76. The zero-order valence-corrected chi connectivity index (χ0v) is 14.6. The first-order valence-corrected chi connectivity index (χ1v) is 8.51. The minimum absolute atomic E-state index is 0.0706. The quantitative estimate of drug-likeness (QED) is 0.674. The summed E-state index contributed by atoms with van der Waals surface area (Å²) >= 11 is 0. The van der Waals surface area contributed by atoms with Crippen LogP contribution in [-0.2, 0) is 24.4 Å². The van der Waals surface area contributed by atoms with Crippen LogP contribution in [0.3, 0.4) is 0 Å². The van der Waals surface area contributed by atoms with Crippen LogP contribution in [0.5, 0.6) is 5.75 Å². The monoisotopic (exact) mass is 351 g/mol. The van der Waals surface area contributed by atoms with Crippen molar-refractivity contribution in [2.75, 3.05) is 0 Å². The lowest BCUT2D eigenvalue weighted by molar-refractivity contribution is -0.121. The summed E-state index contributed by atoms with van der Waals surface area (Å²) in [6, 6.07) is 17.7. The van der Waals surface area contributed by atoms with Crippen LogP contribution in [0.1, 0.15) is 29.3 Å². The number of aromatic nitrogens is 2. The topological polar surface area (TPSA) is 77.2 Å². The van der Waals surface area contributed by atoms with Crippen molar-refractivity contribution in [1.82, 2.24) is 15.5 Å². The highest BCUT2D eigenvalue weighted by Crippen LogP contribution is 2.19. The molecule has 0 aliphatic carbocycles. The molecule has 0 radical (unpaired) electrons. The van der Waals surface area contributed by atoms with Crippen LogP contribution in [-0.4, -0.2) is 16.0 Å². The van der Waals surface area contributed by atoms with E-state index in [9.17, 15) is 4.79 Å². The summed E-state index contributed by atoms with van der Waals surface area (Å²) < 4.78 is 10.9. The molecule has 2 aromatic carbocycles. The Morgan fingerprint density at radius 1 is 1.12 bits per heavy atom. The van der Waals surface area contributed by atoms with E-state index < -0.39 is 0 Å². The van der Waals surface area contributed by atoms with Crippen LogP contribution in [0, 0.1) is 6.92 Å². The van der Waals surface area contributed by atoms with Crippen LogP contribution in [0.15, 0.2) is 59.1 Å². The molecule has 1 amide bonds. The van der Waals surface area contributed by atoms with E-state index in [0.717, 1.165) is 16.9 Å². The van der Waals surface area contributed by atoms with Crippen molar-refractivity contribution >= 4 is 5.91 Å². The number of carbonyl (C=O) groups excluding carboxylic acids is 1. The van der Waals surface area contributed by atoms with Gasteiger partial charge < -0.3 is 14.6 Å². The maximum atomic E-state index is 12.0. The zero-order valence-electron chi connectivity index (χ0n) is 14.6. The van der Waals surface area contributed by atoms with E-state index >= 15 is 0 Å². The number of rotatable bonds is 8. The Balaban J connectivity index is 1.50. The number of amides is 1. The minimum atomic E-state index is -0.0706. The molecule has 3 aromatic rings. The Kier molecular flexibility index (Phi) is 5.98. The van der Waals surface area contributed by atoms with Crippen molar-refractivity contribution in [3.05, 3.63) is 77.4 Å². The van der Waals surface area contributed by atoms with Gasteiger partial charge in [-0.1, -0.05) is 53.7 Å². The van der Waals surface area contributed by atoms with Gasteiger partial charge in [-0.2, -0.15) is 4.98 Å². The van der Waals surface area contributed by atoms with Gasteiger partial charge in [-0.05, 0) is 18.6 Å². The van der Waals surface area contributed by atoms with Gasteiger partial charge in [-0.25, -0.2) is 0 Å². The van der Waals surface area contributed by atoms with Crippen molar-refractivity contribution in [3.63, 3.8) is 0 Å². The first-order chi connectivity index (χ1) is 12.7. The van der Waals surface area contributed by atoms with E-state index in [2.05, 4.69) is 15.5 Å². The number of hydrogen-bond acceptors (Lipinski definition) is 5. The summed E-state index contributed by atoms with van der Waals surface area (Å²) in [5.74, 6) is 1.75. The average molecular weight is 351 g/mol. The Hall–Kier alpha value is -3.15. The van der Waals surface area contributed by atoms with Crippen LogP contribution < -0.4 is 10.1 Å². The minimum Gasteiger partial charge on any atom is -0.489 e. The largest absolute Gasteiger partial charge is 0.489 e. The second kappa shape index (κ2) is 8.80. The molecule has 1 aromatic heterocycles. The summed E-state index contributed by atoms with van der Waals surface area (Å²) in [5.41, 5.74) is 2.03. The third-order valence-electron chi connectivity index (χ3n) is 3.82. The Morgan fingerprint density at radius 3 is 2.65 bits per heavy atom. The van der Waals surface area contributed by atoms with Crippen LogP contribution in [0.2, 0.25) is 0 Å². The highest BCUT2D eigenvalue weighted by Gasteiger charge is 2.09. The third-order valence-corrected chi connectivity index (χ3v) is 3.82. The van der Waals surface area contributed by atoms with Gasteiger partial charge in [0.1, 0.15) is 12.4 Å². The third kappa shape index (κ3) is 5.17. The fourth-order valence-electron chi connectivity index (χ4n) is 2.47. The van der Waals surface area contributed by atoms with Crippen LogP contribution in [0.4, 0.5) is 0 Å². The summed E-state index contributed by atoms with van der Waals surface area (Å²) in [5, 5.41) is 6.62. The lowest BCUT2D eigenvalue weighted by Gasteiger charge is -2.12. The number of nitrogens with one attached hydrogen (secondary N) is 1. The predicted octanol–water partition coefficient (Wildman–Crippen LogP) is 3.21. The molecule has 0 aliphatic rings. The maximum absolute atomic E-state index is 12.0. The molecule has 1 N–H and O–H groups in total. The van der Waals surface area contributed by atoms with Gasteiger partial charge in [0.15, 0.2) is 5.82 Å². The van der Waals surface area contributed by atoms with Gasteiger partial charge in [-0.3, -0.25) is 4.79 Å². The molecule has 6 nitrogen and oxygen atoms in total. The van der Waals surface area contributed by atoms with E-state index in [1.54, 1.807) is 6.92 Å². The number of carbonyl (C=O) groups is 1. The van der Waals surface area contributed by atoms with Crippen molar-refractivity contribution in [2.45, 2.75) is 32.9 Å². The molecule has 0 aliphatic heterocycles. The van der Waals surface area contributed by atoms with Crippen molar-refractivity contribution in [2.24, 2.45) is 0 Å². The van der Waals surface area contributed by atoms with Gasteiger partial charge in [0, 0.05) is 24.9 Å². The van der Waals surface area contributed by atoms with E-state index in [1.807, 2.05) is 54.6 Å². The second-order valence-corrected chi connectivity index (χ2v) is 5.89. The van der Waals surface area contributed by atoms with Gasteiger partial charge in [0.2, 0.25) is 11.8 Å². The molecule has 6 heteroatoms. The lowest BCUT2D eigenvalue weighted by Crippen LogP contribution is -2.23. The maximum Gasteiger partial charge on any atom is 0.227 e. The van der Waals surface area contributed by atoms with Crippen molar-refractivity contribution < 1.29 is 14.1 Å². The first kappa shape index (κ1) is 17.7. The van der Waals surface area contributed by atoms with Gasteiger partial charge >= 0.3 is 0 Å². The van der Waals surface area contributed by atoms with Crippen LogP contribution >= 0.6 is 0 Å². The smallest absolute Gasteiger partial charge is 0.227 e. The van der Waals surface area contributed by atoms with E-state index in [4.69, 9.17) is 9.26 Å². The first-order valence-electron chi connectivity index (χ1n) is 8.51. The van der Waals surface area contributed by atoms with Gasteiger partial charge in [0.05, 0.1) is 0 Å². The normalized spacial score (nSPS) is 10.5. The Morgan fingerprint density at radius 2 is 1.88 bits per heavy atom. The molecule has 134 valence electrons. The molecule has 0 atom stereocenters. The van der Waals surface area contributed by atoms with E-state index in [-0.39, 0.29) is 5.91 Å².